The Morgan fingerprint density at radius 1 is 1.26 bits per heavy atom. The van der Waals surface area contributed by atoms with Gasteiger partial charge in [0.15, 0.2) is 0 Å². The number of benzene rings is 2. The van der Waals surface area contributed by atoms with Gasteiger partial charge < -0.3 is 4.74 Å². The number of rotatable bonds is 6. The van der Waals surface area contributed by atoms with Gasteiger partial charge in [-0.2, -0.15) is 5.10 Å². The lowest BCUT2D eigenvalue weighted by atomic mass is 10.2. The third-order valence-electron chi connectivity index (χ3n) is 2.93. The fourth-order valence-electron chi connectivity index (χ4n) is 1.83. The SMILES string of the molecule is CCOc1ccccc1/C=N\NC(=O)c1ccc([N+](=O)[O-])cc1. The summed E-state index contributed by atoms with van der Waals surface area (Å²) >= 11 is 0. The zero-order valence-electron chi connectivity index (χ0n) is 12.4. The van der Waals surface area contributed by atoms with Gasteiger partial charge in [-0.1, -0.05) is 12.1 Å². The first kappa shape index (κ1) is 16.2. The molecule has 0 aliphatic carbocycles. The van der Waals surface area contributed by atoms with Gasteiger partial charge in [0.25, 0.3) is 11.6 Å². The first-order valence-corrected chi connectivity index (χ1v) is 6.91. The van der Waals surface area contributed by atoms with Crippen LogP contribution in [0.25, 0.3) is 0 Å². The van der Waals surface area contributed by atoms with Crippen LogP contribution in [0.3, 0.4) is 0 Å². The van der Waals surface area contributed by atoms with Crippen LogP contribution in [-0.2, 0) is 0 Å². The lowest BCUT2D eigenvalue weighted by Crippen LogP contribution is -2.17. The van der Waals surface area contributed by atoms with Crippen molar-refractivity contribution in [2.75, 3.05) is 6.61 Å². The van der Waals surface area contributed by atoms with E-state index in [4.69, 9.17) is 4.74 Å². The van der Waals surface area contributed by atoms with Gasteiger partial charge in [0.05, 0.1) is 17.7 Å². The van der Waals surface area contributed by atoms with E-state index >= 15 is 0 Å². The number of ether oxygens (including phenoxy) is 1. The van der Waals surface area contributed by atoms with Crippen molar-refractivity contribution in [1.29, 1.82) is 0 Å². The maximum absolute atomic E-state index is 11.9. The average Bonchev–Trinajstić information content (AvgIpc) is 2.56. The molecule has 118 valence electrons. The highest BCUT2D eigenvalue weighted by molar-refractivity contribution is 5.95. The molecule has 2 aromatic rings. The van der Waals surface area contributed by atoms with E-state index < -0.39 is 10.8 Å². The Morgan fingerprint density at radius 2 is 1.96 bits per heavy atom. The fraction of sp³-hybridized carbons (Fsp3) is 0.125. The lowest BCUT2D eigenvalue weighted by molar-refractivity contribution is -0.384. The Hall–Kier alpha value is -3.22. The van der Waals surface area contributed by atoms with E-state index in [0.717, 1.165) is 5.56 Å². The largest absolute Gasteiger partial charge is 0.493 e. The summed E-state index contributed by atoms with van der Waals surface area (Å²) in [7, 11) is 0. The van der Waals surface area contributed by atoms with Crippen molar-refractivity contribution in [3.63, 3.8) is 0 Å². The highest BCUT2D eigenvalue weighted by Crippen LogP contribution is 2.15. The number of non-ortho nitro benzene ring substituents is 1. The van der Waals surface area contributed by atoms with Crippen molar-refractivity contribution in [1.82, 2.24) is 5.43 Å². The molecular formula is C16H15N3O4. The standard InChI is InChI=1S/C16H15N3O4/c1-2-23-15-6-4-3-5-13(15)11-17-18-16(20)12-7-9-14(10-8-12)19(21)22/h3-11H,2H2,1H3,(H,18,20)/b17-11-. The Labute approximate surface area is 132 Å². The number of carbonyl (C=O) groups is 1. The summed E-state index contributed by atoms with van der Waals surface area (Å²) in [5, 5.41) is 14.4. The molecular weight excluding hydrogens is 298 g/mol. The van der Waals surface area contributed by atoms with Crippen molar-refractivity contribution in [2.45, 2.75) is 6.92 Å². The minimum absolute atomic E-state index is 0.0734. The monoisotopic (exact) mass is 313 g/mol. The quantitative estimate of drug-likeness (QED) is 0.504. The molecule has 0 atom stereocenters. The molecule has 0 aliphatic heterocycles. The first-order valence-electron chi connectivity index (χ1n) is 6.91. The zero-order valence-corrected chi connectivity index (χ0v) is 12.4. The number of amides is 1. The van der Waals surface area contributed by atoms with Crippen LogP contribution in [-0.4, -0.2) is 23.7 Å². The topological polar surface area (TPSA) is 93.8 Å². The minimum atomic E-state index is -0.523. The number of para-hydroxylation sites is 1. The van der Waals surface area contributed by atoms with E-state index in [1.807, 2.05) is 31.2 Å². The average molecular weight is 313 g/mol. The molecule has 7 heteroatoms. The van der Waals surface area contributed by atoms with Crippen LogP contribution < -0.4 is 10.2 Å². The van der Waals surface area contributed by atoms with Crippen molar-refractivity contribution in [3.05, 3.63) is 69.8 Å². The smallest absolute Gasteiger partial charge is 0.271 e. The molecule has 0 heterocycles. The van der Waals surface area contributed by atoms with Gasteiger partial charge in [0.2, 0.25) is 0 Å². The molecule has 0 fully saturated rings. The van der Waals surface area contributed by atoms with Crippen molar-refractivity contribution < 1.29 is 14.5 Å². The highest BCUT2D eigenvalue weighted by atomic mass is 16.6. The van der Waals surface area contributed by atoms with Gasteiger partial charge >= 0.3 is 0 Å². The van der Waals surface area contributed by atoms with Gasteiger partial charge in [0, 0.05) is 23.3 Å². The van der Waals surface area contributed by atoms with E-state index in [1.165, 1.54) is 30.5 Å². The molecule has 1 amide bonds. The van der Waals surface area contributed by atoms with E-state index in [9.17, 15) is 14.9 Å². The summed E-state index contributed by atoms with van der Waals surface area (Å²) in [5.74, 6) is 0.216. The number of nitrogens with zero attached hydrogens (tertiary/aromatic N) is 2. The molecule has 0 bridgehead atoms. The fourth-order valence-corrected chi connectivity index (χ4v) is 1.83. The number of hydrogen-bond donors (Lipinski definition) is 1. The first-order chi connectivity index (χ1) is 11.1. The van der Waals surface area contributed by atoms with E-state index in [1.54, 1.807) is 0 Å². The van der Waals surface area contributed by atoms with Crippen LogP contribution in [0, 0.1) is 10.1 Å². The van der Waals surface area contributed by atoms with Crippen LogP contribution in [0.4, 0.5) is 5.69 Å². The number of carbonyl (C=O) groups excluding carboxylic acids is 1. The second kappa shape index (κ2) is 7.69. The predicted octanol–water partition coefficient (Wildman–Crippen LogP) is 2.76. The molecule has 0 saturated carbocycles. The minimum Gasteiger partial charge on any atom is -0.493 e. The predicted molar refractivity (Wildman–Crippen MR) is 85.8 cm³/mol. The summed E-state index contributed by atoms with van der Waals surface area (Å²) < 4.78 is 5.45. The van der Waals surface area contributed by atoms with Gasteiger partial charge in [-0.15, -0.1) is 0 Å². The van der Waals surface area contributed by atoms with Crippen LogP contribution in [0.2, 0.25) is 0 Å². The van der Waals surface area contributed by atoms with E-state index in [-0.39, 0.29) is 11.3 Å². The molecule has 23 heavy (non-hydrogen) atoms. The van der Waals surface area contributed by atoms with Gasteiger partial charge in [-0.05, 0) is 31.2 Å². The van der Waals surface area contributed by atoms with Crippen LogP contribution in [0.1, 0.15) is 22.8 Å². The van der Waals surface area contributed by atoms with Crippen LogP contribution in [0.15, 0.2) is 53.6 Å². The second-order valence-electron chi connectivity index (χ2n) is 4.47. The Bertz CT molecular complexity index is 726. The normalized spacial score (nSPS) is 10.5. The Kier molecular flexibility index (Phi) is 5.40. The maximum Gasteiger partial charge on any atom is 0.271 e. The molecule has 0 aromatic heterocycles. The van der Waals surface area contributed by atoms with E-state index in [0.29, 0.717) is 12.4 Å². The van der Waals surface area contributed by atoms with Crippen molar-refractivity contribution in [3.8, 4) is 5.75 Å². The number of nitrogens with one attached hydrogen (secondary N) is 1. The number of nitro groups is 1. The number of hydrogen-bond acceptors (Lipinski definition) is 5. The molecule has 2 rings (SSSR count). The molecule has 1 N–H and O–H groups in total. The molecule has 0 saturated heterocycles. The maximum atomic E-state index is 11.9. The van der Waals surface area contributed by atoms with E-state index in [2.05, 4.69) is 10.5 Å². The summed E-state index contributed by atoms with van der Waals surface area (Å²) in [4.78, 5) is 21.9. The molecule has 2 aromatic carbocycles. The third kappa shape index (κ3) is 4.37. The molecule has 0 spiro atoms. The second-order valence-corrected chi connectivity index (χ2v) is 4.47. The highest BCUT2D eigenvalue weighted by Gasteiger charge is 2.08. The van der Waals surface area contributed by atoms with Gasteiger partial charge in [-0.25, -0.2) is 5.43 Å². The molecule has 7 nitrogen and oxygen atoms in total. The van der Waals surface area contributed by atoms with Crippen molar-refractivity contribution >= 4 is 17.8 Å². The summed E-state index contributed by atoms with van der Waals surface area (Å²) in [6.07, 6.45) is 1.48. The third-order valence-corrected chi connectivity index (χ3v) is 2.93. The zero-order chi connectivity index (χ0) is 16.7. The molecule has 0 unspecified atom stereocenters. The van der Waals surface area contributed by atoms with Crippen LogP contribution >= 0.6 is 0 Å². The van der Waals surface area contributed by atoms with Crippen LogP contribution in [0.5, 0.6) is 5.75 Å². The lowest BCUT2D eigenvalue weighted by Gasteiger charge is -2.05. The molecule has 0 aliphatic rings. The summed E-state index contributed by atoms with van der Waals surface area (Å²) in [6, 6.07) is 12.6. The van der Waals surface area contributed by atoms with Gasteiger partial charge in [-0.3, -0.25) is 14.9 Å². The number of nitro benzene ring substituents is 1. The number of hydrazone groups is 1. The summed E-state index contributed by atoms with van der Waals surface area (Å²) in [5.41, 5.74) is 3.31. The molecule has 0 radical (unpaired) electrons. The summed E-state index contributed by atoms with van der Waals surface area (Å²) in [6.45, 7) is 2.41. The van der Waals surface area contributed by atoms with Crippen molar-refractivity contribution in [2.24, 2.45) is 5.10 Å². The Balaban J connectivity index is 2.02. The Morgan fingerprint density at radius 3 is 2.61 bits per heavy atom. The van der Waals surface area contributed by atoms with Gasteiger partial charge in [0.1, 0.15) is 5.75 Å².